The fourth-order valence-corrected chi connectivity index (χ4v) is 1.51. The van der Waals surface area contributed by atoms with Gasteiger partial charge in [0.15, 0.2) is 0 Å². The lowest BCUT2D eigenvalue weighted by Crippen LogP contribution is -2.47. The van der Waals surface area contributed by atoms with Crippen LogP contribution in [0.25, 0.3) is 0 Å². The highest BCUT2D eigenvalue weighted by atomic mass is 35.5. The number of nitrogens with zero attached hydrogens (tertiary/aromatic N) is 2. The molecule has 0 bridgehead atoms. The number of amides is 3. The van der Waals surface area contributed by atoms with E-state index in [9.17, 15) is 14.4 Å². The summed E-state index contributed by atoms with van der Waals surface area (Å²) in [5.41, 5.74) is 8.80. The molecule has 1 aromatic rings. The second-order valence-corrected chi connectivity index (χ2v) is 5.64. The predicted molar refractivity (Wildman–Crippen MR) is 81.3 cm³/mol. The standard InChI is InChI=1S/C12H17ClN6O4/c1-12(2,3)23-11(22)15-4-6(20)18-19-10(21)7-8(13)16-5-17-9(7)14/h5H,4H2,1-3H3,(H,15,22)(H,18,20)(H,19,21)(H2,14,16,17). The van der Waals surface area contributed by atoms with Crippen molar-refractivity contribution in [3.63, 3.8) is 0 Å². The molecule has 1 rings (SSSR count). The maximum absolute atomic E-state index is 11.8. The van der Waals surface area contributed by atoms with Crippen LogP contribution in [0, 0.1) is 0 Å². The van der Waals surface area contributed by atoms with Crippen LogP contribution in [-0.2, 0) is 9.53 Å². The van der Waals surface area contributed by atoms with E-state index in [-0.39, 0.29) is 16.5 Å². The minimum absolute atomic E-state index is 0.136. The number of anilines is 1. The van der Waals surface area contributed by atoms with Gasteiger partial charge in [0.25, 0.3) is 11.8 Å². The number of hydrazine groups is 1. The first-order chi connectivity index (χ1) is 10.6. The Bertz CT molecular complexity index is 596. The summed E-state index contributed by atoms with van der Waals surface area (Å²) in [6.45, 7) is 4.65. The minimum atomic E-state index is -0.793. The molecule has 0 aliphatic rings. The molecule has 0 aliphatic carbocycles. The summed E-state index contributed by atoms with van der Waals surface area (Å²) in [6, 6.07) is 0. The fourth-order valence-electron chi connectivity index (χ4n) is 1.29. The quantitative estimate of drug-likeness (QED) is 0.445. The SMILES string of the molecule is CC(C)(C)OC(=O)NCC(=O)NNC(=O)c1c(N)ncnc1Cl. The number of carbonyl (C=O) groups excluding carboxylic acids is 3. The van der Waals surface area contributed by atoms with Gasteiger partial charge in [0.1, 0.15) is 35.0 Å². The van der Waals surface area contributed by atoms with Crippen molar-refractivity contribution >= 4 is 35.3 Å². The van der Waals surface area contributed by atoms with Crippen molar-refractivity contribution in [2.24, 2.45) is 0 Å². The highest BCUT2D eigenvalue weighted by Crippen LogP contribution is 2.16. The zero-order valence-electron chi connectivity index (χ0n) is 12.8. The first kappa shape index (κ1) is 18.4. The molecule has 11 heteroatoms. The molecule has 10 nitrogen and oxygen atoms in total. The molecule has 0 aromatic carbocycles. The van der Waals surface area contributed by atoms with Crippen LogP contribution >= 0.6 is 11.6 Å². The largest absolute Gasteiger partial charge is 0.444 e. The topological polar surface area (TPSA) is 148 Å². The molecule has 0 aliphatic heterocycles. The second kappa shape index (κ2) is 7.58. The van der Waals surface area contributed by atoms with Crippen molar-refractivity contribution in [1.29, 1.82) is 0 Å². The van der Waals surface area contributed by atoms with Gasteiger partial charge in [-0.1, -0.05) is 11.6 Å². The fraction of sp³-hybridized carbons (Fsp3) is 0.417. The van der Waals surface area contributed by atoms with E-state index in [2.05, 4.69) is 26.1 Å². The molecular formula is C12H17ClN6O4. The maximum atomic E-state index is 11.8. The first-order valence-corrected chi connectivity index (χ1v) is 6.80. The molecule has 5 N–H and O–H groups in total. The van der Waals surface area contributed by atoms with Crippen LogP contribution < -0.4 is 21.9 Å². The van der Waals surface area contributed by atoms with Crippen LogP contribution in [0.15, 0.2) is 6.33 Å². The number of carbonyl (C=O) groups is 3. The average Bonchev–Trinajstić information content (AvgIpc) is 2.41. The Morgan fingerprint density at radius 3 is 2.48 bits per heavy atom. The van der Waals surface area contributed by atoms with Gasteiger partial charge in [-0.05, 0) is 20.8 Å². The van der Waals surface area contributed by atoms with Crippen LogP contribution in [0.1, 0.15) is 31.1 Å². The van der Waals surface area contributed by atoms with E-state index < -0.39 is 30.1 Å². The van der Waals surface area contributed by atoms with Crippen molar-refractivity contribution in [3.8, 4) is 0 Å². The number of rotatable bonds is 3. The van der Waals surface area contributed by atoms with E-state index in [1.165, 1.54) is 0 Å². The number of ether oxygens (including phenoxy) is 1. The Labute approximate surface area is 137 Å². The van der Waals surface area contributed by atoms with Gasteiger partial charge in [-0.3, -0.25) is 20.4 Å². The van der Waals surface area contributed by atoms with Gasteiger partial charge in [-0.2, -0.15) is 0 Å². The third kappa shape index (κ3) is 6.34. The number of nitrogens with two attached hydrogens (primary N) is 1. The maximum Gasteiger partial charge on any atom is 0.408 e. The zero-order valence-corrected chi connectivity index (χ0v) is 13.5. The normalized spacial score (nSPS) is 10.6. The lowest BCUT2D eigenvalue weighted by atomic mass is 10.2. The summed E-state index contributed by atoms with van der Waals surface area (Å²) >= 11 is 5.73. The van der Waals surface area contributed by atoms with Gasteiger partial charge in [0.2, 0.25) is 0 Å². The second-order valence-electron chi connectivity index (χ2n) is 5.28. The van der Waals surface area contributed by atoms with Crippen molar-refractivity contribution in [1.82, 2.24) is 26.1 Å². The summed E-state index contributed by atoms with van der Waals surface area (Å²) in [7, 11) is 0. The molecule has 0 spiro atoms. The Hall–Kier alpha value is -2.62. The van der Waals surface area contributed by atoms with Gasteiger partial charge in [-0.15, -0.1) is 0 Å². The van der Waals surface area contributed by atoms with Gasteiger partial charge >= 0.3 is 6.09 Å². The van der Waals surface area contributed by atoms with E-state index in [1.807, 2.05) is 0 Å². The van der Waals surface area contributed by atoms with Crippen molar-refractivity contribution in [2.45, 2.75) is 26.4 Å². The number of nitrogen functional groups attached to an aromatic ring is 1. The summed E-state index contributed by atoms with van der Waals surface area (Å²) in [5, 5.41) is 2.07. The Kier molecular flexibility index (Phi) is 6.08. The number of hydrogen-bond acceptors (Lipinski definition) is 7. The number of alkyl carbamates (subject to hydrolysis) is 1. The number of aromatic nitrogens is 2. The molecule has 3 amide bonds. The minimum Gasteiger partial charge on any atom is -0.444 e. The Morgan fingerprint density at radius 1 is 1.26 bits per heavy atom. The smallest absolute Gasteiger partial charge is 0.408 e. The molecule has 0 atom stereocenters. The van der Waals surface area contributed by atoms with Crippen LogP contribution in [0.2, 0.25) is 5.15 Å². The van der Waals surface area contributed by atoms with E-state index in [0.717, 1.165) is 6.33 Å². The molecule has 1 aromatic heterocycles. The van der Waals surface area contributed by atoms with Crippen LogP contribution in [0.3, 0.4) is 0 Å². The summed E-state index contributed by atoms with van der Waals surface area (Å²) in [5.74, 6) is -1.61. The summed E-state index contributed by atoms with van der Waals surface area (Å²) in [4.78, 5) is 41.9. The van der Waals surface area contributed by atoms with E-state index in [1.54, 1.807) is 20.8 Å². The van der Waals surface area contributed by atoms with Gasteiger partial charge in [-0.25, -0.2) is 14.8 Å². The van der Waals surface area contributed by atoms with Crippen molar-refractivity contribution in [2.75, 3.05) is 12.3 Å². The lowest BCUT2D eigenvalue weighted by Gasteiger charge is -2.19. The molecule has 0 unspecified atom stereocenters. The molecule has 0 radical (unpaired) electrons. The van der Waals surface area contributed by atoms with E-state index >= 15 is 0 Å². The van der Waals surface area contributed by atoms with E-state index in [4.69, 9.17) is 22.1 Å². The number of nitrogens with one attached hydrogen (secondary N) is 3. The highest BCUT2D eigenvalue weighted by molar-refractivity contribution is 6.33. The van der Waals surface area contributed by atoms with Gasteiger partial charge < -0.3 is 15.8 Å². The molecule has 126 valence electrons. The van der Waals surface area contributed by atoms with Crippen LogP contribution in [0.5, 0.6) is 0 Å². The van der Waals surface area contributed by atoms with Crippen LogP contribution in [-0.4, -0.2) is 40.0 Å². The number of hydrogen-bond donors (Lipinski definition) is 4. The third-order valence-electron chi connectivity index (χ3n) is 2.17. The zero-order chi connectivity index (χ0) is 17.6. The third-order valence-corrected chi connectivity index (χ3v) is 2.45. The predicted octanol–water partition coefficient (Wildman–Crippen LogP) is -0.00210. The van der Waals surface area contributed by atoms with Gasteiger partial charge in [0.05, 0.1) is 0 Å². The van der Waals surface area contributed by atoms with E-state index in [0.29, 0.717) is 0 Å². The summed E-state index contributed by atoms with van der Waals surface area (Å²) in [6.07, 6.45) is 0.334. The average molecular weight is 345 g/mol. The van der Waals surface area contributed by atoms with Crippen molar-refractivity contribution < 1.29 is 19.1 Å². The monoisotopic (exact) mass is 344 g/mol. The lowest BCUT2D eigenvalue weighted by molar-refractivity contribution is -0.121. The Morgan fingerprint density at radius 2 is 1.91 bits per heavy atom. The molecule has 0 saturated carbocycles. The summed E-state index contributed by atoms with van der Waals surface area (Å²) < 4.78 is 4.95. The Balaban J connectivity index is 2.45. The van der Waals surface area contributed by atoms with Crippen LogP contribution in [0.4, 0.5) is 10.6 Å². The van der Waals surface area contributed by atoms with Gasteiger partial charge in [0, 0.05) is 0 Å². The number of halogens is 1. The molecular weight excluding hydrogens is 328 g/mol. The highest BCUT2D eigenvalue weighted by Gasteiger charge is 2.18. The molecule has 0 fully saturated rings. The van der Waals surface area contributed by atoms with Crippen molar-refractivity contribution in [3.05, 3.63) is 17.0 Å². The first-order valence-electron chi connectivity index (χ1n) is 6.42. The molecule has 23 heavy (non-hydrogen) atoms. The molecule has 1 heterocycles. The molecule has 0 saturated heterocycles.